The molecule has 0 radical (unpaired) electrons. The molecule has 198 valence electrons. The van der Waals surface area contributed by atoms with Gasteiger partial charge in [-0.25, -0.2) is 0 Å². The highest BCUT2D eigenvalue weighted by Gasteiger charge is 2.44. The standard InChI is InChI=1S/C32H43N3O2/c1-20-15-21(28(37)24(16-20)30(5,6)7)17-32(23-11-10-12-25-27(23)34-35-33-25)18-22(13-14-26(32)36)31(8,9)19-29(2,3)4/h10-16,18,26,36-37H,17,19H2,1-9H3,(H,33,34,35). The van der Waals surface area contributed by atoms with Gasteiger partial charge in [-0.1, -0.05) is 103 Å². The molecule has 2 unspecified atom stereocenters. The van der Waals surface area contributed by atoms with Crippen LogP contribution in [0.4, 0.5) is 0 Å². The van der Waals surface area contributed by atoms with Crippen LogP contribution >= 0.6 is 0 Å². The van der Waals surface area contributed by atoms with Crippen molar-refractivity contribution in [2.24, 2.45) is 10.8 Å². The summed E-state index contributed by atoms with van der Waals surface area (Å²) in [5.74, 6) is 0.301. The smallest absolute Gasteiger partial charge is 0.122 e. The minimum Gasteiger partial charge on any atom is -0.507 e. The van der Waals surface area contributed by atoms with Gasteiger partial charge >= 0.3 is 0 Å². The summed E-state index contributed by atoms with van der Waals surface area (Å²) in [6, 6.07) is 10.0. The Kier molecular flexibility index (Phi) is 6.69. The number of phenols is 1. The van der Waals surface area contributed by atoms with Crippen molar-refractivity contribution in [2.75, 3.05) is 0 Å². The number of aryl methyl sites for hydroxylation is 1. The van der Waals surface area contributed by atoms with Crippen molar-refractivity contribution < 1.29 is 10.2 Å². The fourth-order valence-electron chi connectivity index (χ4n) is 6.23. The first-order valence-corrected chi connectivity index (χ1v) is 13.3. The summed E-state index contributed by atoms with van der Waals surface area (Å²) < 4.78 is 0. The van der Waals surface area contributed by atoms with E-state index in [1.807, 2.05) is 30.3 Å². The second-order valence-corrected chi connectivity index (χ2v) is 13.8. The Balaban J connectivity index is 1.99. The Hall–Kier alpha value is -2.92. The predicted molar refractivity (Wildman–Crippen MR) is 152 cm³/mol. The quantitative estimate of drug-likeness (QED) is 0.349. The summed E-state index contributed by atoms with van der Waals surface area (Å²) in [5, 5.41) is 34.9. The van der Waals surface area contributed by atoms with E-state index in [0.717, 1.165) is 39.7 Å². The van der Waals surface area contributed by atoms with Crippen LogP contribution in [0.2, 0.25) is 0 Å². The van der Waals surface area contributed by atoms with Gasteiger partial charge < -0.3 is 10.2 Å². The Morgan fingerprint density at radius 1 is 1.00 bits per heavy atom. The predicted octanol–water partition coefficient (Wildman–Crippen LogP) is 7.07. The minimum atomic E-state index is -0.837. The number of rotatable bonds is 5. The minimum absolute atomic E-state index is 0.122. The van der Waals surface area contributed by atoms with Crippen LogP contribution in [0.3, 0.4) is 0 Å². The highest BCUT2D eigenvalue weighted by molar-refractivity contribution is 5.80. The van der Waals surface area contributed by atoms with E-state index >= 15 is 0 Å². The largest absolute Gasteiger partial charge is 0.507 e. The number of phenolic OH excluding ortho intramolecular Hbond substituents is 1. The normalized spacial score (nSPS) is 20.9. The molecule has 4 rings (SSSR count). The fraction of sp³-hybridized carbons (Fsp3) is 0.500. The number of benzene rings is 2. The van der Waals surface area contributed by atoms with Gasteiger partial charge in [0.2, 0.25) is 0 Å². The summed E-state index contributed by atoms with van der Waals surface area (Å²) in [6.45, 7) is 19.7. The van der Waals surface area contributed by atoms with E-state index in [1.165, 1.54) is 5.57 Å². The molecule has 0 spiro atoms. The second kappa shape index (κ2) is 9.13. The van der Waals surface area contributed by atoms with Crippen LogP contribution < -0.4 is 0 Å². The first-order chi connectivity index (χ1) is 17.0. The molecule has 1 aliphatic carbocycles. The molecule has 2 atom stereocenters. The molecular formula is C32H43N3O2. The lowest BCUT2D eigenvalue weighted by molar-refractivity contribution is 0.144. The monoisotopic (exact) mass is 501 g/mol. The summed E-state index contributed by atoms with van der Waals surface area (Å²) >= 11 is 0. The maximum absolute atomic E-state index is 11.8. The van der Waals surface area contributed by atoms with E-state index in [0.29, 0.717) is 12.2 Å². The first-order valence-electron chi connectivity index (χ1n) is 13.3. The molecule has 1 aliphatic rings. The number of aliphatic hydroxyl groups excluding tert-OH is 1. The molecule has 0 bridgehead atoms. The number of fused-ring (bicyclic) bond motifs is 1. The number of para-hydroxylation sites is 1. The van der Waals surface area contributed by atoms with Crippen molar-refractivity contribution in [3.8, 4) is 5.75 Å². The van der Waals surface area contributed by atoms with Crippen molar-refractivity contribution in [1.82, 2.24) is 15.4 Å². The molecule has 5 heteroatoms. The maximum atomic E-state index is 11.8. The van der Waals surface area contributed by atoms with Gasteiger partial charge in [0.25, 0.3) is 0 Å². The van der Waals surface area contributed by atoms with Gasteiger partial charge in [-0.3, -0.25) is 0 Å². The van der Waals surface area contributed by atoms with E-state index in [4.69, 9.17) is 0 Å². The summed E-state index contributed by atoms with van der Waals surface area (Å²) in [4.78, 5) is 0. The Morgan fingerprint density at radius 2 is 1.70 bits per heavy atom. The first kappa shape index (κ1) is 27.1. The van der Waals surface area contributed by atoms with Crippen molar-refractivity contribution in [3.63, 3.8) is 0 Å². The zero-order chi connectivity index (χ0) is 27.4. The number of aromatic nitrogens is 3. The lowest BCUT2D eigenvalue weighted by Gasteiger charge is -2.42. The third kappa shape index (κ3) is 5.24. The van der Waals surface area contributed by atoms with Gasteiger partial charge in [0.1, 0.15) is 16.8 Å². The topological polar surface area (TPSA) is 82.0 Å². The lowest BCUT2D eigenvalue weighted by Crippen LogP contribution is -2.42. The zero-order valence-electron chi connectivity index (χ0n) is 23.9. The number of aromatic amines is 1. The highest BCUT2D eigenvalue weighted by Crippen LogP contribution is 2.48. The summed E-state index contributed by atoms with van der Waals surface area (Å²) in [5.41, 5.74) is 5.36. The molecule has 1 heterocycles. The molecule has 0 saturated carbocycles. The highest BCUT2D eigenvalue weighted by atomic mass is 16.3. The average Bonchev–Trinajstić information content (AvgIpc) is 3.24. The van der Waals surface area contributed by atoms with Crippen molar-refractivity contribution >= 4 is 11.0 Å². The number of nitrogens with one attached hydrogen (secondary N) is 1. The van der Waals surface area contributed by atoms with Gasteiger partial charge in [0.15, 0.2) is 0 Å². The van der Waals surface area contributed by atoms with E-state index < -0.39 is 11.5 Å². The number of aliphatic hydroxyl groups is 1. The molecule has 0 amide bonds. The van der Waals surface area contributed by atoms with Gasteiger partial charge in [-0.2, -0.15) is 15.4 Å². The van der Waals surface area contributed by atoms with Crippen LogP contribution in [-0.2, 0) is 17.3 Å². The molecule has 2 aromatic carbocycles. The van der Waals surface area contributed by atoms with Gasteiger partial charge in [-0.15, -0.1) is 0 Å². The number of hydrogen-bond acceptors (Lipinski definition) is 4. The second-order valence-electron chi connectivity index (χ2n) is 13.8. The Bertz CT molecular complexity index is 1360. The third-order valence-electron chi connectivity index (χ3n) is 7.63. The Morgan fingerprint density at radius 3 is 2.35 bits per heavy atom. The van der Waals surface area contributed by atoms with Crippen LogP contribution in [0.15, 0.2) is 54.1 Å². The molecule has 1 aromatic heterocycles. The maximum Gasteiger partial charge on any atom is 0.122 e. The van der Waals surface area contributed by atoms with Crippen molar-refractivity contribution in [1.29, 1.82) is 0 Å². The molecule has 37 heavy (non-hydrogen) atoms. The molecule has 0 saturated heterocycles. The van der Waals surface area contributed by atoms with E-state index in [-0.39, 0.29) is 16.2 Å². The molecule has 0 fully saturated rings. The lowest BCUT2D eigenvalue weighted by atomic mass is 9.63. The number of hydrogen-bond donors (Lipinski definition) is 3. The molecule has 5 nitrogen and oxygen atoms in total. The third-order valence-corrected chi connectivity index (χ3v) is 7.63. The van der Waals surface area contributed by atoms with Gasteiger partial charge in [0, 0.05) is 5.41 Å². The van der Waals surface area contributed by atoms with Gasteiger partial charge in [0.05, 0.1) is 6.10 Å². The average molecular weight is 502 g/mol. The Labute approximate surface area is 221 Å². The number of nitrogens with zero attached hydrogens (tertiary/aromatic N) is 2. The summed E-state index contributed by atoms with van der Waals surface area (Å²) in [6.07, 6.45) is 6.84. The van der Waals surface area contributed by atoms with Gasteiger partial charge in [-0.05, 0) is 64.3 Å². The molecule has 3 N–H and O–H groups in total. The zero-order valence-corrected chi connectivity index (χ0v) is 23.9. The van der Waals surface area contributed by atoms with Crippen molar-refractivity contribution in [3.05, 3.63) is 76.4 Å². The summed E-state index contributed by atoms with van der Waals surface area (Å²) in [7, 11) is 0. The van der Waals surface area contributed by atoms with Crippen LogP contribution in [-0.4, -0.2) is 31.7 Å². The van der Waals surface area contributed by atoms with E-state index in [9.17, 15) is 10.2 Å². The molecule has 3 aromatic rings. The van der Waals surface area contributed by atoms with Crippen molar-refractivity contribution in [2.45, 2.75) is 92.1 Å². The van der Waals surface area contributed by atoms with Crippen LogP contribution in [0.1, 0.15) is 84.1 Å². The van der Waals surface area contributed by atoms with Crippen LogP contribution in [0.5, 0.6) is 5.75 Å². The van der Waals surface area contributed by atoms with E-state index in [2.05, 4.69) is 95.9 Å². The number of H-pyrrole nitrogens is 1. The van der Waals surface area contributed by atoms with Crippen LogP contribution in [0, 0.1) is 17.8 Å². The molecule has 0 aliphatic heterocycles. The van der Waals surface area contributed by atoms with E-state index in [1.54, 1.807) is 0 Å². The number of aromatic hydroxyl groups is 1. The SMILES string of the molecule is Cc1cc(CC2(c3cccc4n[nH]nc34)C=C(C(C)(C)CC(C)(C)C)C=CC2O)c(O)c(C(C)(C)C)c1. The number of allylic oxidation sites excluding steroid dienone is 2. The fourth-order valence-corrected chi connectivity index (χ4v) is 6.23. The van der Waals surface area contributed by atoms with Crippen LogP contribution in [0.25, 0.3) is 11.0 Å². The molecular weight excluding hydrogens is 458 g/mol.